The van der Waals surface area contributed by atoms with Crippen molar-refractivity contribution >= 4 is 21.7 Å². The molecule has 3 rings (SSSR count). The maximum atomic E-state index is 12.3. The molecule has 0 amide bonds. The topological polar surface area (TPSA) is 72.5 Å². The maximum Gasteiger partial charge on any atom is 0.338 e. The molecule has 1 aliphatic rings. The predicted octanol–water partition coefficient (Wildman–Crippen LogP) is 2.47. The van der Waals surface area contributed by atoms with Gasteiger partial charge in [0.25, 0.3) is 10.0 Å². The Morgan fingerprint density at radius 2 is 1.81 bits per heavy atom. The number of esters is 1. The van der Waals surface area contributed by atoms with Gasteiger partial charge in [0.15, 0.2) is 0 Å². The van der Waals surface area contributed by atoms with Crippen LogP contribution in [0.1, 0.15) is 21.5 Å². The van der Waals surface area contributed by atoms with E-state index < -0.39 is 16.0 Å². The molecule has 0 aromatic heterocycles. The lowest BCUT2D eigenvalue weighted by Crippen LogP contribution is -2.13. The molecule has 0 aliphatic carbocycles. The number of carbonyl (C=O) groups is 1. The maximum absolute atomic E-state index is 12.3. The highest BCUT2D eigenvalue weighted by Gasteiger charge is 2.22. The summed E-state index contributed by atoms with van der Waals surface area (Å²) in [6, 6.07) is 11.3. The van der Waals surface area contributed by atoms with Gasteiger partial charge in [-0.2, -0.15) is 0 Å². The van der Waals surface area contributed by atoms with Crippen LogP contribution in [0.25, 0.3) is 0 Å². The first-order chi connectivity index (χ1) is 9.95. The summed E-state index contributed by atoms with van der Waals surface area (Å²) < 4.78 is 31.9. The summed E-state index contributed by atoms with van der Waals surface area (Å²) in [7, 11) is -3.67. The van der Waals surface area contributed by atoms with E-state index in [-0.39, 0.29) is 11.5 Å². The molecule has 6 heteroatoms. The molecule has 1 heterocycles. The molecule has 21 heavy (non-hydrogen) atoms. The van der Waals surface area contributed by atoms with E-state index in [1.54, 1.807) is 36.4 Å². The number of nitrogens with one attached hydrogen (secondary N) is 1. The number of sulfonamides is 1. The Bertz CT molecular complexity index is 810. The van der Waals surface area contributed by atoms with Crippen molar-refractivity contribution in [3.8, 4) is 0 Å². The Morgan fingerprint density at radius 1 is 1.10 bits per heavy atom. The molecule has 0 radical (unpaired) electrons. The highest BCUT2D eigenvalue weighted by molar-refractivity contribution is 7.92. The van der Waals surface area contributed by atoms with Crippen molar-refractivity contribution in [3.05, 3.63) is 59.2 Å². The lowest BCUT2D eigenvalue weighted by Gasteiger charge is -2.09. The number of aryl methyl sites for hydroxylation is 1. The molecule has 0 saturated carbocycles. The molecule has 2 aromatic carbocycles. The molecule has 1 aliphatic heterocycles. The first kappa shape index (κ1) is 13.6. The van der Waals surface area contributed by atoms with Gasteiger partial charge >= 0.3 is 5.97 Å². The van der Waals surface area contributed by atoms with Crippen LogP contribution in [0.5, 0.6) is 0 Å². The summed E-state index contributed by atoms with van der Waals surface area (Å²) in [5, 5.41) is 0. The summed E-state index contributed by atoms with van der Waals surface area (Å²) in [4.78, 5) is 11.7. The Morgan fingerprint density at radius 3 is 2.52 bits per heavy atom. The lowest BCUT2D eigenvalue weighted by atomic mass is 10.1. The number of rotatable bonds is 3. The average Bonchev–Trinajstić information content (AvgIpc) is 2.80. The molecule has 2 aromatic rings. The largest absolute Gasteiger partial charge is 0.457 e. The fourth-order valence-electron chi connectivity index (χ4n) is 2.11. The smallest absolute Gasteiger partial charge is 0.338 e. The second-order valence-corrected chi connectivity index (χ2v) is 6.55. The molecule has 0 atom stereocenters. The van der Waals surface area contributed by atoms with Crippen molar-refractivity contribution in [2.75, 3.05) is 4.72 Å². The van der Waals surface area contributed by atoms with Crippen molar-refractivity contribution in [2.45, 2.75) is 18.4 Å². The third kappa shape index (κ3) is 2.62. The number of hydrogen-bond acceptors (Lipinski definition) is 4. The summed E-state index contributed by atoms with van der Waals surface area (Å²) >= 11 is 0. The van der Waals surface area contributed by atoms with E-state index in [0.717, 1.165) is 11.1 Å². The summed E-state index contributed by atoms with van der Waals surface area (Å²) in [6.07, 6.45) is 0. The second-order valence-electron chi connectivity index (χ2n) is 4.87. The minimum absolute atomic E-state index is 0.177. The van der Waals surface area contributed by atoms with Gasteiger partial charge in [0.1, 0.15) is 6.61 Å². The molecule has 0 unspecified atom stereocenters. The van der Waals surface area contributed by atoms with Gasteiger partial charge < -0.3 is 4.74 Å². The molecular weight excluding hydrogens is 290 g/mol. The molecule has 5 nitrogen and oxygen atoms in total. The van der Waals surface area contributed by atoms with Gasteiger partial charge in [0, 0.05) is 11.3 Å². The molecule has 108 valence electrons. The van der Waals surface area contributed by atoms with Crippen LogP contribution in [0.3, 0.4) is 0 Å². The molecule has 0 bridgehead atoms. The van der Waals surface area contributed by atoms with Crippen molar-refractivity contribution in [1.29, 1.82) is 0 Å². The second kappa shape index (κ2) is 4.89. The Balaban J connectivity index is 1.91. The summed E-state index contributed by atoms with van der Waals surface area (Å²) in [5.74, 6) is -0.429. The van der Waals surface area contributed by atoms with E-state index in [2.05, 4.69) is 4.72 Å². The lowest BCUT2D eigenvalue weighted by molar-refractivity contribution is 0.0535. The number of ether oxygens (including phenoxy) is 1. The fourth-order valence-corrected chi connectivity index (χ4v) is 3.16. The van der Waals surface area contributed by atoms with Gasteiger partial charge in [0.05, 0.1) is 10.5 Å². The highest BCUT2D eigenvalue weighted by atomic mass is 32.2. The van der Waals surface area contributed by atoms with Crippen LogP contribution >= 0.6 is 0 Å². The van der Waals surface area contributed by atoms with Gasteiger partial charge in [-0.05, 0) is 31.2 Å². The van der Waals surface area contributed by atoms with Gasteiger partial charge in [-0.15, -0.1) is 0 Å². The third-order valence-electron chi connectivity index (χ3n) is 3.27. The number of hydrogen-bond donors (Lipinski definition) is 1. The van der Waals surface area contributed by atoms with E-state index in [1.807, 2.05) is 6.92 Å². The molecule has 0 fully saturated rings. The zero-order valence-corrected chi connectivity index (χ0v) is 12.1. The zero-order chi connectivity index (χ0) is 15.0. The monoisotopic (exact) mass is 303 g/mol. The minimum atomic E-state index is -3.67. The van der Waals surface area contributed by atoms with Gasteiger partial charge in [-0.25, -0.2) is 13.2 Å². The average molecular weight is 303 g/mol. The Hall–Kier alpha value is -2.34. The van der Waals surface area contributed by atoms with Gasteiger partial charge in [0.2, 0.25) is 0 Å². The van der Waals surface area contributed by atoms with Crippen molar-refractivity contribution in [2.24, 2.45) is 0 Å². The normalized spacial score (nSPS) is 13.7. The van der Waals surface area contributed by atoms with Crippen LogP contribution in [0.15, 0.2) is 47.4 Å². The number of cyclic esters (lactones) is 1. The van der Waals surface area contributed by atoms with Gasteiger partial charge in [-0.1, -0.05) is 23.8 Å². The SMILES string of the molecule is Cc1ccc(S(=O)(=O)Nc2ccc3c(c2)C(=O)OC3)cc1. The minimum Gasteiger partial charge on any atom is -0.457 e. The van der Waals surface area contributed by atoms with Crippen LogP contribution in [0.2, 0.25) is 0 Å². The van der Waals surface area contributed by atoms with E-state index in [4.69, 9.17) is 4.74 Å². The quantitative estimate of drug-likeness (QED) is 0.884. The summed E-state index contributed by atoms with van der Waals surface area (Å²) in [5.41, 5.74) is 2.49. The third-order valence-corrected chi connectivity index (χ3v) is 4.67. The van der Waals surface area contributed by atoms with Crippen LogP contribution in [0, 0.1) is 6.92 Å². The number of anilines is 1. The van der Waals surface area contributed by atoms with Crippen LogP contribution in [-0.4, -0.2) is 14.4 Å². The Kier molecular flexibility index (Phi) is 3.17. The van der Waals surface area contributed by atoms with E-state index in [1.165, 1.54) is 6.07 Å². The van der Waals surface area contributed by atoms with Crippen LogP contribution in [0.4, 0.5) is 5.69 Å². The number of fused-ring (bicyclic) bond motifs is 1. The first-order valence-electron chi connectivity index (χ1n) is 6.35. The molecule has 0 spiro atoms. The standard InChI is InChI=1S/C15H13NO4S/c1-10-2-6-13(7-3-10)21(18,19)16-12-5-4-11-9-20-15(17)14(11)8-12/h2-8,16H,9H2,1H3. The van der Waals surface area contributed by atoms with Crippen LogP contribution in [-0.2, 0) is 21.4 Å². The van der Waals surface area contributed by atoms with Gasteiger partial charge in [-0.3, -0.25) is 4.72 Å². The van der Waals surface area contributed by atoms with E-state index >= 15 is 0 Å². The van der Waals surface area contributed by atoms with E-state index in [9.17, 15) is 13.2 Å². The molecular formula is C15H13NO4S. The predicted molar refractivity (Wildman–Crippen MR) is 77.5 cm³/mol. The first-order valence-corrected chi connectivity index (χ1v) is 7.83. The highest BCUT2D eigenvalue weighted by Crippen LogP contribution is 2.25. The fraction of sp³-hybridized carbons (Fsp3) is 0.133. The zero-order valence-electron chi connectivity index (χ0n) is 11.3. The molecule has 0 saturated heterocycles. The Labute approximate surface area is 122 Å². The molecule has 1 N–H and O–H groups in total. The van der Waals surface area contributed by atoms with E-state index in [0.29, 0.717) is 11.3 Å². The van der Waals surface area contributed by atoms with Crippen molar-refractivity contribution in [1.82, 2.24) is 0 Å². The van der Waals surface area contributed by atoms with Crippen molar-refractivity contribution < 1.29 is 17.9 Å². The van der Waals surface area contributed by atoms with Crippen molar-refractivity contribution in [3.63, 3.8) is 0 Å². The van der Waals surface area contributed by atoms with Crippen LogP contribution < -0.4 is 4.72 Å². The summed E-state index contributed by atoms with van der Waals surface area (Å²) in [6.45, 7) is 2.12. The number of carbonyl (C=O) groups excluding carboxylic acids is 1. The number of benzene rings is 2.